The number of carbonyl (C=O) groups is 1. The van der Waals surface area contributed by atoms with E-state index in [1.807, 2.05) is 40.8 Å². The third kappa shape index (κ3) is 2.68. The predicted octanol–water partition coefficient (Wildman–Crippen LogP) is 1.27. The Morgan fingerprint density at radius 1 is 1.41 bits per heavy atom. The Morgan fingerprint density at radius 2 is 2.12 bits per heavy atom. The SMILES string of the molecule is Cc1nnc(SCCC(=O)O)n1-n1cccc1. The van der Waals surface area contributed by atoms with Crippen LogP contribution in [-0.4, -0.2) is 36.4 Å². The average molecular weight is 252 g/mol. The van der Waals surface area contributed by atoms with Gasteiger partial charge in [-0.05, 0) is 19.1 Å². The normalized spacial score (nSPS) is 10.6. The van der Waals surface area contributed by atoms with Crippen molar-refractivity contribution in [2.24, 2.45) is 0 Å². The van der Waals surface area contributed by atoms with Crippen LogP contribution in [0.5, 0.6) is 0 Å². The Hall–Kier alpha value is -1.76. The van der Waals surface area contributed by atoms with Crippen molar-refractivity contribution in [2.45, 2.75) is 18.5 Å². The number of hydrogen-bond acceptors (Lipinski definition) is 4. The number of aromatic nitrogens is 4. The highest BCUT2D eigenvalue weighted by Gasteiger charge is 2.10. The highest BCUT2D eigenvalue weighted by Crippen LogP contribution is 2.17. The van der Waals surface area contributed by atoms with E-state index in [9.17, 15) is 4.79 Å². The van der Waals surface area contributed by atoms with Gasteiger partial charge in [-0.15, -0.1) is 10.2 Å². The maximum absolute atomic E-state index is 10.4. The second kappa shape index (κ2) is 5.05. The molecule has 2 aromatic heterocycles. The first kappa shape index (κ1) is 11.7. The van der Waals surface area contributed by atoms with Gasteiger partial charge in [-0.1, -0.05) is 11.8 Å². The molecule has 17 heavy (non-hydrogen) atoms. The molecule has 0 amide bonds. The van der Waals surface area contributed by atoms with Gasteiger partial charge >= 0.3 is 5.97 Å². The maximum atomic E-state index is 10.4. The van der Waals surface area contributed by atoms with Crippen molar-refractivity contribution in [1.82, 2.24) is 19.5 Å². The average Bonchev–Trinajstić information content (AvgIpc) is 2.87. The zero-order valence-electron chi connectivity index (χ0n) is 9.28. The zero-order chi connectivity index (χ0) is 12.3. The summed E-state index contributed by atoms with van der Waals surface area (Å²) in [5.41, 5.74) is 0. The summed E-state index contributed by atoms with van der Waals surface area (Å²) in [7, 11) is 0. The van der Waals surface area contributed by atoms with Gasteiger partial charge in [-0.25, -0.2) is 4.68 Å². The quantitative estimate of drug-likeness (QED) is 0.811. The van der Waals surface area contributed by atoms with Crippen LogP contribution in [0.4, 0.5) is 0 Å². The van der Waals surface area contributed by atoms with Crippen molar-refractivity contribution in [3.63, 3.8) is 0 Å². The Labute approximate surface area is 102 Å². The van der Waals surface area contributed by atoms with E-state index in [0.717, 1.165) is 5.82 Å². The van der Waals surface area contributed by atoms with Gasteiger partial charge in [-0.3, -0.25) is 9.47 Å². The van der Waals surface area contributed by atoms with Crippen LogP contribution in [0, 0.1) is 6.92 Å². The van der Waals surface area contributed by atoms with Crippen LogP contribution in [0.1, 0.15) is 12.2 Å². The van der Waals surface area contributed by atoms with E-state index in [0.29, 0.717) is 10.9 Å². The molecule has 0 radical (unpaired) electrons. The van der Waals surface area contributed by atoms with E-state index in [1.54, 1.807) is 0 Å². The Kier molecular flexibility index (Phi) is 3.48. The van der Waals surface area contributed by atoms with Gasteiger partial charge in [0.05, 0.1) is 6.42 Å². The number of rotatable bonds is 5. The van der Waals surface area contributed by atoms with Crippen LogP contribution in [-0.2, 0) is 4.79 Å². The van der Waals surface area contributed by atoms with Crippen LogP contribution in [0.25, 0.3) is 0 Å². The van der Waals surface area contributed by atoms with Crippen LogP contribution >= 0.6 is 11.8 Å². The summed E-state index contributed by atoms with van der Waals surface area (Å²) >= 11 is 1.38. The highest BCUT2D eigenvalue weighted by atomic mass is 32.2. The van der Waals surface area contributed by atoms with Crippen molar-refractivity contribution in [3.8, 4) is 0 Å². The smallest absolute Gasteiger partial charge is 0.304 e. The molecule has 0 bridgehead atoms. The first-order chi connectivity index (χ1) is 8.18. The van der Waals surface area contributed by atoms with Gasteiger partial charge in [0.1, 0.15) is 0 Å². The van der Waals surface area contributed by atoms with Crippen LogP contribution < -0.4 is 0 Å². The second-order valence-electron chi connectivity index (χ2n) is 3.40. The van der Waals surface area contributed by atoms with Crippen LogP contribution in [0.15, 0.2) is 29.7 Å². The molecule has 1 N–H and O–H groups in total. The summed E-state index contributed by atoms with van der Waals surface area (Å²) in [5, 5.41) is 17.3. The zero-order valence-corrected chi connectivity index (χ0v) is 10.1. The molecule has 0 aromatic carbocycles. The number of aliphatic carboxylic acids is 1. The molecule has 90 valence electrons. The number of aryl methyl sites for hydroxylation is 1. The van der Waals surface area contributed by atoms with Crippen molar-refractivity contribution in [2.75, 3.05) is 5.75 Å². The second-order valence-corrected chi connectivity index (χ2v) is 4.46. The molecule has 0 fully saturated rings. The molecule has 7 heteroatoms. The molecule has 0 aliphatic heterocycles. The largest absolute Gasteiger partial charge is 0.481 e. The van der Waals surface area contributed by atoms with E-state index < -0.39 is 5.97 Å². The minimum absolute atomic E-state index is 0.113. The molecule has 0 aliphatic carbocycles. The lowest BCUT2D eigenvalue weighted by molar-refractivity contribution is -0.136. The van der Waals surface area contributed by atoms with Crippen molar-refractivity contribution < 1.29 is 9.90 Å². The number of carboxylic acids is 1. The topological polar surface area (TPSA) is 72.9 Å². The third-order valence-electron chi connectivity index (χ3n) is 2.13. The molecule has 0 unspecified atom stereocenters. The lowest BCUT2D eigenvalue weighted by Gasteiger charge is -2.08. The number of hydrogen-bond donors (Lipinski definition) is 1. The minimum atomic E-state index is -0.804. The van der Waals surface area contributed by atoms with Crippen molar-refractivity contribution in [3.05, 3.63) is 30.4 Å². The first-order valence-corrected chi connectivity index (χ1v) is 6.07. The van der Waals surface area contributed by atoms with E-state index in [1.165, 1.54) is 11.8 Å². The fraction of sp³-hybridized carbons (Fsp3) is 0.300. The van der Waals surface area contributed by atoms with Gasteiger partial charge in [0.15, 0.2) is 5.82 Å². The summed E-state index contributed by atoms with van der Waals surface area (Å²) in [6.45, 7) is 1.86. The molecule has 0 atom stereocenters. The lowest BCUT2D eigenvalue weighted by Crippen LogP contribution is -2.10. The van der Waals surface area contributed by atoms with Crippen molar-refractivity contribution >= 4 is 17.7 Å². The minimum Gasteiger partial charge on any atom is -0.481 e. The Morgan fingerprint density at radius 3 is 2.76 bits per heavy atom. The summed E-state index contributed by atoms with van der Waals surface area (Å²) < 4.78 is 3.70. The molecule has 2 heterocycles. The van der Waals surface area contributed by atoms with Gasteiger partial charge in [0, 0.05) is 18.1 Å². The molecule has 0 aliphatic rings. The summed E-state index contributed by atoms with van der Waals surface area (Å²) in [6.07, 6.45) is 3.89. The first-order valence-electron chi connectivity index (χ1n) is 5.08. The Bertz CT molecular complexity index is 506. The molecule has 2 aromatic rings. The van der Waals surface area contributed by atoms with E-state index in [2.05, 4.69) is 10.2 Å². The summed E-state index contributed by atoms with van der Waals surface area (Å²) in [5.74, 6) is 0.439. The maximum Gasteiger partial charge on any atom is 0.304 e. The van der Waals surface area contributed by atoms with E-state index in [-0.39, 0.29) is 6.42 Å². The molecule has 0 spiro atoms. The molecule has 0 saturated heterocycles. The molecule has 2 rings (SSSR count). The standard InChI is InChI=1S/C10H12N4O2S/c1-8-11-12-10(17-7-4-9(15)16)14(8)13-5-2-3-6-13/h2-3,5-6H,4,7H2,1H3,(H,15,16). The number of thioether (sulfide) groups is 1. The molecular weight excluding hydrogens is 240 g/mol. The highest BCUT2D eigenvalue weighted by molar-refractivity contribution is 7.99. The number of carboxylic acid groups (broad SMARTS) is 1. The van der Waals surface area contributed by atoms with Crippen molar-refractivity contribution in [1.29, 1.82) is 0 Å². The van der Waals surface area contributed by atoms with Crippen LogP contribution in [0.2, 0.25) is 0 Å². The van der Waals surface area contributed by atoms with Gasteiger partial charge in [-0.2, -0.15) is 0 Å². The fourth-order valence-corrected chi connectivity index (χ4v) is 2.29. The molecule has 6 nitrogen and oxygen atoms in total. The fourth-order valence-electron chi connectivity index (χ4n) is 1.38. The van der Waals surface area contributed by atoms with Gasteiger partial charge in [0.25, 0.3) is 0 Å². The molecule has 0 saturated carbocycles. The van der Waals surface area contributed by atoms with Gasteiger partial charge < -0.3 is 5.11 Å². The van der Waals surface area contributed by atoms with Gasteiger partial charge in [0.2, 0.25) is 5.16 Å². The monoisotopic (exact) mass is 252 g/mol. The summed E-state index contributed by atoms with van der Waals surface area (Å²) in [4.78, 5) is 10.4. The van der Waals surface area contributed by atoms with E-state index >= 15 is 0 Å². The van der Waals surface area contributed by atoms with E-state index in [4.69, 9.17) is 5.11 Å². The predicted molar refractivity (Wildman–Crippen MR) is 63.0 cm³/mol. The third-order valence-corrected chi connectivity index (χ3v) is 3.06. The number of nitrogens with zero attached hydrogens (tertiary/aromatic N) is 4. The lowest BCUT2D eigenvalue weighted by atomic mass is 10.5. The Balaban J connectivity index is 2.15. The molecular formula is C10H12N4O2S. The van der Waals surface area contributed by atoms with Crippen LogP contribution in [0.3, 0.4) is 0 Å². The summed E-state index contributed by atoms with van der Waals surface area (Å²) in [6, 6.07) is 3.82.